The van der Waals surface area contributed by atoms with E-state index in [0.717, 1.165) is 29.6 Å². The summed E-state index contributed by atoms with van der Waals surface area (Å²) in [5.41, 5.74) is 3.49. The minimum absolute atomic E-state index is 0.259. The highest BCUT2D eigenvalue weighted by atomic mass is 79.9. The van der Waals surface area contributed by atoms with Gasteiger partial charge in [0, 0.05) is 42.1 Å². The van der Waals surface area contributed by atoms with Crippen molar-refractivity contribution in [1.29, 1.82) is 0 Å². The molecule has 2 rings (SSSR count). The highest BCUT2D eigenvalue weighted by molar-refractivity contribution is 9.10. The van der Waals surface area contributed by atoms with Crippen LogP contribution in [0.3, 0.4) is 0 Å². The molecule has 0 bridgehead atoms. The maximum Gasteiger partial charge on any atom is 0.0596 e. The van der Waals surface area contributed by atoms with Crippen molar-refractivity contribution in [3.05, 3.63) is 46.0 Å². The van der Waals surface area contributed by atoms with Crippen LogP contribution in [0.25, 0.3) is 0 Å². The summed E-state index contributed by atoms with van der Waals surface area (Å²) in [5.74, 6) is 0. The first-order valence-electron chi connectivity index (χ1n) is 6.93. The Labute approximate surface area is 128 Å². The maximum absolute atomic E-state index is 4.42. The van der Waals surface area contributed by atoms with Gasteiger partial charge in [-0.15, -0.1) is 0 Å². The second kappa shape index (κ2) is 6.99. The molecule has 0 amide bonds. The molecule has 0 saturated carbocycles. The molecule has 108 valence electrons. The molecule has 1 atom stereocenters. The Morgan fingerprint density at radius 2 is 2.15 bits per heavy atom. The Hall–Kier alpha value is -1.20. The third kappa shape index (κ3) is 3.90. The zero-order valence-corrected chi connectivity index (χ0v) is 13.8. The summed E-state index contributed by atoms with van der Waals surface area (Å²) >= 11 is 3.49. The number of nitrogens with zero attached hydrogens (tertiary/aromatic N) is 3. The monoisotopic (exact) mass is 336 g/mol. The number of hydrogen-bond donors (Lipinski definition) is 1. The highest BCUT2D eigenvalue weighted by Gasteiger charge is 2.15. The number of nitrogens with one attached hydrogen (secondary N) is 1. The Bertz CT molecular complexity index is 565. The van der Waals surface area contributed by atoms with Crippen molar-refractivity contribution in [2.75, 3.05) is 6.54 Å². The molecular formula is C15H21BrN4. The summed E-state index contributed by atoms with van der Waals surface area (Å²) in [7, 11) is 2.00. The Morgan fingerprint density at radius 1 is 1.35 bits per heavy atom. The number of halogens is 1. The van der Waals surface area contributed by atoms with E-state index in [1.165, 1.54) is 11.3 Å². The van der Waals surface area contributed by atoms with Crippen LogP contribution in [-0.4, -0.2) is 21.3 Å². The summed E-state index contributed by atoms with van der Waals surface area (Å²) in [6.45, 7) is 5.20. The normalized spacial score (nSPS) is 12.6. The molecule has 2 aromatic rings. The van der Waals surface area contributed by atoms with E-state index in [1.54, 1.807) is 0 Å². The number of aryl methyl sites for hydroxylation is 2. The van der Waals surface area contributed by atoms with Gasteiger partial charge in [-0.05, 0) is 53.5 Å². The summed E-state index contributed by atoms with van der Waals surface area (Å²) in [6.07, 6.45) is 5.77. The van der Waals surface area contributed by atoms with E-state index in [2.05, 4.69) is 50.4 Å². The van der Waals surface area contributed by atoms with E-state index < -0.39 is 0 Å². The first kappa shape index (κ1) is 15.2. The largest absolute Gasteiger partial charge is 0.310 e. The predicted octanol–water partition coefficient (Wildman–Crippen LogP) is 3.17. The van der Waals surface area contributed by atoms with Crippen molar-refractivity contribution in [3.63, 3.8) is 0 Å². The molecule has 1 unspecified atom stereocenters. The first-order valence-corrected chi connectivity index (χ1v) is 7.72. The lowest BCUT2D eigenvalue weighted by atomic mass is 10.0. The summed E-state index contributed by atoms with van der Waals surface area (Å²) in [4.78, 5) is 4.27. The maximum atomic E-state index is 4.42. The van der Waals surface area contributed by atoms with Crippen LogP contribution in [0, 0.1) is 6.92 Å². The number of hydrogen-bond acceptors (Lipinski definition) is 3. The Morgan fingerprint density at radius 3 is 2.75 bits per heavy atom. The SMILES string of the molecule is CCCNC(Cc1cc(C)nn1C)c1cncc(Br)c1. The van der Waals surface area contributed by atoms with E-state index in [-0.39, 0.29) is 6.04 Å². The van der Waals surface area contributed by atoms with E-state index in [9.17, 15) is 0 Å². The van der Waals surface area contributed by atoms with Crippen molar-refractivity contribution in [2.24, 2.45) is 7.05 Å². The fourth-order valence-electron chi connectivity index (χ4n) is 2.31. The van der Waals surface area contributed by atoms with Gasteiger partial charge in [0.15, 0.2) is 0 Å². The van der Waals surface area contributed by atoms with Crippen LogP contribution in [0.4, 0.5) is 0 Å². The summed E-state index contributed by atoms with van der Waals surface area (Å²) < 4.78 is 2.97. The average Bonchev–Trinajstić information content (AvgIpc) is 2.72. The van der Waals surface area contributed by atoms with Crippen molar-refractivity contribution in [2.45, 2.75) is 32.7 Å². The van der Waals surface area contributed by atoms with Gasteiger partial charge in [0.1, 0.15) is 0 Å². The minimum atomic E-state index is 0.259. The Balaban J connectivity index is 2.21. The van der Waals surface area contributed by atoms with E-state index in [0.29, 0.717) is 0 Å². The molecule has 0 radical (unpaired) electrons. The summed E-state index contributed by atoms with van der Waals surface area (Å²) in [6, 6.07) is 4.53. The smallest absolute Gasteiger partial charge is 0.0596 e. The third-order valence-electron chi connectivity index (χ3n) is 3.28. The molecule has 1 N–H and O–H groups in total. The topological polar surface area (TPSA) is 42.7 Å². The lowest BCUT2D eigenvalue weighted by Gasteiger charge is -2.19. The van der Waals surface area contributed by atoms with Gasteiger partial charge in [0.25, 0.3) is 0 Å². The predicted molar refractivity (Wildman–Crippen MR) is 84.6 cm³/mol. The van der Waals surface area contributed by atoms with E-state index >= 15 is 0 Å². The minimum Gasteiger partial charge on any atom is -0.310 e. The summed E-state index contributed by atoms with van der Waals surface area (Å²) in [5, 5.41) is 8.02. The van der Waals surface area contributed by atoms with Gasteiger partial charge in [-0.3, -0.25) is 9.67 Å². The molecule has 4 nitrogen and oxygen atoms in total. The lowest BCUT2D eigenvalue weighted by molar-refractivity contribution is 0.511. The molecule has 20 heavy (non-hydrogen) atoms. The Kier molecular flexibility index (Phi) is 5.31. The molecule has 0 aliphatic heterocycles. The molecule has 2 heterocycles. The van der Waals surface area contributed by atoms with Crippen molar-refractivity contribution in [3.8, 4) is 0 Å². The van der Waals surface area contributed by atoms with Crippen LogP contribution < -0.4 is 5.32 Å². The fourth-order valence-corrected chi connectivity index (χ4v) is 2.69. The van der Waals surface area contributed by atoms with Crippen LogP contribution in [0.1, 0.15) is 36.3 Å². The molecule has 2 aromatic heterocycles. The van der Waals surface area contributed by atoms with Gasteiger partial charge in [0.2, 0.25) is 0 Å². The molecule has 0 aliphatic carbocycles. The van der Waals surface area contributed by atoms with Crippen molar-refractivity contribution in [1.82, 2.24) is 20.1 Å². The van der Waals surface area contributed by atoms with Gasteiger partial charge >= 0.3 is 0 Å². The van der Waals surface area contributed by atoms with Gasteiger partial charge in [-0.2, -0.15) is 5.10 Å². The first-order chi connectivity index (χ1) is 9.60. The number of rotatable bonds is 6. The average molecular weight is 337 g/mol. The van der Waals surface area contributed by atoms with Crippen LogP contribution in [0.2, 0.25) is 0 Å². The van der Waals surface area contributed by atoms with Crippen LogP contribution in [0.15, 0.2) is 29.0 Å². The highest BCUT2D eigenvalue weighted by Crippen LogP contribution is 2.21. The molecule has 0 aromatic carbocycles. The third-order valence-corrected chi connectivity index (χ3v) is 3.71. The lowest BCUT2D eigenvalue weighted by Crippen LogP contribution is -2.25. The molecule has 5 heteroatoms. The van der Waals surface area contributed by atoms with Crippen molar-refractivity contribution >= 4 is 15.9 Å². The molecule has 0 spiro atoms. The van der Waals surface area contributed by atoms with E-state index in [1.807, 2.05) is 31.0 Å². The molecule has 0 aliphatic rings. The van der Waals surface area contributed by atoms with Crippen molar-refractivity contribution < 1.29 is 0 Å². The molecule has 0 saturated heterocycles. The standard InChI is InChI=1S/C15H21BrN4/c1-4-5-18-15(12-7-13(16)10-17-9-12)8-14-6-11(2)19-20(14)3/h6-7,9-10,15,18H,4-5,8H2,1-3H3. The van der Waals surface area contributed by atoms with Crippen LogP contribution in [-0.2, 0) is 13.5 Å². The van der Waals surface area contributed by atoms with Gasteiger partial charge in [-0.1, -0.05) is 6.92 Å². The second-order valence-corrected chi connectivity index (χ2v) is 5.96. The molecule has 0 fully saturated rings. The zero-order valence-electron chi connectivity index (χ0n) is 12.2. The zero-order chi connectivity index (χ0) is 14.5. The van der Waals surface area contributed by atoms with Gasteiger partial charge in [0.05, 0.1) is 5.69 Å². The fraction of sp³-hybridized carbons (Fsp3) is 0.467. The van der Waals surface area contributed by atoms with Gasteiger partial charge < -0.3 is 5.32 Å². The van der Waals surface area contributed by atoms with Crippen LogP contribution in [0.5, 0.6) is 0 Å². The second-order valence-electron chi connectivity index (χ2n) is 5.05. The quantitative estimate of drug-likeness (QED) is 0.880. The number of aromatic nitrogens is 3. The molecular weight excluding hydrogens is 316 g/mol. The van der Waals surface area contributed by atoms with Gasteiger partial charge in [-0.25, -0.2) is 0 Å². The van der Waals surface area contributed by atoms with Crippen LogP contribution >= 0.6 is 15.9 Å². The number of pyridine rings is 1. The van der Waals surface area contributed by atoms with E-state index in [4.69, 9.17) is 0 Å².